The van der Waals surface area contributed by atoms with Crippen LogP contribution in [0.2, 0.25) is 0 Å². The van der Waals surface area contributed by atoms with Crippen molar-refractivity contribution in [1.29, 1.82) is 0 Å². The molecule has 2 aliphatic carbocycles. The second-order valence-corrected chi connectivity index (χ2v) is 8.98. The monoisotopic (exact) mass is 436 g/mol. The standard InChI is InChI=1S/C24H28N4OS.CH4/c1-5-12-27(3)21-8-11-25-10-7-19(21)22-20(15-30-4)23(29)28(16-26-22)24-9-6-17(2)13-18(24)14-24;/h5-6,8-11,13,16,18H,1,7,12,14-15H2,2-4H3;1H4. The van der Waals surface area contributed by atoms with Gasteiger partial charge in [0.1, 0.15) is 0 Å². The van der Waals surface area contributed by atoms with E-state index in [2.05, 4.69) is 41.6 Å². The van der Waals surface area contributed by atoms with E-state index in [0.29, 0.717) is 24.6 Å². The lowest BCUT2D eigenvalue weighted by Crippen LogP contribution is -2.34. The molecule has 3 aliphatic rings. The molecular formula is C25H32N4OS. The fourth-order valence-electron chi connectivity index (χ4n) is 4.41. The Morgan fingerprint density at radius 1 is 1.42 bits per heavy atom. The van der Waals surface area contributed by atoms with Crippen LogP contribution in [-0.2, 0) is 11.3 Å². The van der Waals surface area contributed by atoms with E-state index < -0.39 is 0 Å². The minimum atomic E-state index is -0.239. The first-order valence-electron chi connectivity index (χ1n) is 10.2. The molecule has 0 spiro atoms. The van der Waals surface area contributed by atoms with E-state index >= 15 is 0 Å². The van der Waals surface area contributed by atoms with E-state index in [4.69, 9.17) is 4.98 Å². The van der Waals surface area contributed by atoms with Gasteiger partial charge in [0, 0.05) is 55.4 Å². The van der Waals surface area contributed by atoms with Gasteiger partial charge in [-0.3, -0.25) is 14.4 Å². The third-order valence-corrected chi connectivity index (χ3v) is 6.64. The Kier molecular flexibility index (Phi) is 6.90. The van der Waals surface area contributed by atoms with Crippen molar-refractivity contribution < 1.29 is 0 Å². The van der Waals surface area contributed by atoms with E-state index in [1.165, 1.54) is 5.57 Å². The van der Waals surface area contributed by atoms with Crippen LogP contribution in [0.3, 0.4) is 0 Å². The second kappa shape index (κ2) is 9.27. The zero-order valence-corrected chi connectivity index (χ0v) is 18.7. The molecule has 2 atom stereocenters. The summed E-state index contributed by atoms with van der Waals surface area (Å²) < 4.78 is 1.86. The summed E-state index contributed by atoms with van der Waals surface area (Å²) in [5, 5.41) is 0. The molecule has 0 saturated heterocycles. The van der Waals surface area contributed by atoms with Crippen LogP contribution in [0.25, 0.3) is 5.57 Å². The molecule has 1 aromatic heterocycles. The van der Waals surface area contributed by atoms with Crippen molar-refractivity contribution >= 4 is 23.5 Å². The van der Waals surface area contributed by atoms with Gasteiger partial charge in [0.2, 0.25) is 0 Å². The maximum atomic E-state index is 13.7. The molecule has 1 aromatic rings. The van der Waals surface area contributed by atoms with Crippen molar-refractivity contribution in [3.63, 3.8) is 0 Å². The second-order valence-electron chi connectivity index (χ2n) is 8.11. The Morgan fingerprint density at radius 2 is 2.23 bits per heavy atom. The first kappa shape index (κ1) is 23.1. The SMILES string of the molecule is C.C=CCN(C)C1=C(c2ncn(C34C=CC(C)=CC3C4)c(=O)c2CSC)CC=NC=C1. The Hall–Kier alpha value is -2.60. The van der Waals surface area contributed by atoms with Crippen LogP contribution in [0.5, 0.6) is 0 Å². The maximum Gasteiger partial charge on any atom is 0.258 e. The molecule has 2 unspecified atom stereocenters. The molecule has 1 aliphatic heterocycles. The summed E-state index contributed by atoms with van der Waals surface area (Å²) in [5.74, 6) is 1.01. The first-order valence-corrected chi connectivity index (χ1v) is 11.6. The molecule has 4 rings (SSSR count). The van der Waals surface area contributed by atoms with E-state index in [9.17, 15) is 4.79 Å². The number of fused-ring (bicyclic) bond motifs is 1. The topological polar surface area (TPSA) is 50.5 Å². The van der Waals surface area contributed by atoms with E-state index in [1.54, 1.807) is 24.3 Å². The van der Waals surface area contributed by atoms with Crippen molar-refractivity contribution in [2.24, 2.45) is 10.9 Å². The van der Waals surface area contributed by atoms with Crippen LogP contribution in [0.4, 0.5) is 0 Å². The number of rotatable bonds is 7. The molecule has 1 fully saturated rings. The Balaban J connectivity index is 0.00000272. The highest BCUT2D eigenvalue weighted by Crippen LogP contribution is 2.54. The highest BCUT2D eigenvalue weighted by atomic mass is 32.2. The van der Waals surface area contributed by atoms with Gasteiger partial charge in [-0.1, -0.05) is 37.3 Å². The summed E-state index contributed by atoms with van der Waals surface area (Å²) in [6, 6.07) is 0. The lowest BCUT2D eigenvalue weighted by atomic mass is 10.0. The summed E-state index contributed by atoms with van der Waals surface area (Å²) in [7, 11) is 2.03. The van der Waals surface area contributed by atoms with Crippen molar-refractivity contribution in [2.75, 3.05) is 19.8 Å². The van der Waals surface area contributed by atoms with Gasteiger partial charge in [-0.15, -0.1) is 6.58 Å². The number of likely N-dealkylation sites (N-methyl/N-ethyl adjacent to an activating group) is 1. The molecular weight excluding hydrogens is 404 g/mol. The Labute approximate surface area is 189 Å². The maximum absolute atomic E-state index is 13.7. The van der Waals surface area contributed by atoms with Crippen LogP contribution in [0, 0.1) is 5.92 Å². The van der Waals surface area contributed by atoms with Gasteiger partial charge in [0.15, 0.2) is 0 Å². The average molecular weight is 437 g/mol. The fourth-order valence-corrected chi connectivity index (χ4v) is 4.96. The molecule has 0 bridgehead atoms. The van der Waals surface area contributed by atoms with Gasteiger partial charge < -0.3 is 4.90 Å². The minimum absolute atomic E-state index is 0. The zero-order chi connectivity index (χ0) is 21.3. The van der Waals surface area contributed by atoms with Gasteiger partial charge in [-0.25, -0.2) is 4.98 Å². The number of aromatic nitrogens is 2. The number of aliphatic imine (C=N–C) groups is 1. The molecule has 0 N–H and O–H groups in total. The predicted molar refractivity (Wildman–Crippen MR) is 133 cm³/mol. The molecule has 2 heterocycles. The average Bonchev–Trinajstić information content (AvgIpc) is 3.48. The molecule has 0 radical (unpaired) electrons. The molecule has 164 valence electrons. The van der Waals surface area contributed by atoms with Gasteiger partial charge >= 0.3 is 0 Å². The number of hydrogen-bond acceptors (Lipinski definition) is 5. The van der Waals surface area contributed by atoms with Gasteiger partial charge in [0.05, 0.1) is 23.1 Å². The lowest BCUT2D eigenvalue weighted by molar-refractivity contribution is 0.481. The van der Waals surface area contributed by atoms with E-state index in [0.717, 1.165) is 28.9 Å². The third kappa shape index (κ3) is 4.13. The van der Waals surface area contributed by atoms with Crippen molar-refractivity contribution in [3.8, 4) is 0 Å². The van der Waals surface area contributed by atoms with Crippen LogP contribution in [-0.4, -0.2) is 40.5 Å². The fraction of sp³-hybridized carbons (Fsp3) is 0.400. The van der Waals surface area contributed by atoms with Gasteiger partial charge in [-0.2, -0.15) is 11.8 Å². The van der Waals surface area contributed by atoms with Crippen LogP contribution in [0.1, 0.15) is 38.4 Å². The van der Waals surface area contributed by atoms with Crippen LogP contribution >= 0.6 is 11.8 Å². The minimum Gasteiger partial charge on any atom is -0.371 e. The summed E-state index contributed by atoms with van der Waals surface area (Å²) in [5.41, 5.74) is 4.71. The lowest BCUT2D eigenvalue weighted by Gasteiger charge is -2.24. The van der Waals surface area contributed by atoms with E-state index in [1.807, 2.05) is 36.2 Å². The summed E-state index contributed by atoms with van der Waals surface area (Å²) in [4.78, 5) is 25.0. The highest BCUT2D eigenvalue weighted by Gasteiger charge is 2.54. The third-order valence-electron chi connectivity index (χ3n) is 6.06. The van der Waals surface area contributed by atoms with Crippen molar-refractivity contribution in [2.45, 2.75) is 38.5 Å². The summed E-state index contributed by atoms with van der Waals surface area (Å²) >= 11 is 1.65. The molecule has 5 nitrogen and oxygen atoms in total. The number of hydrogen-bond donors (Lipinski definition) is 0. The quantitative estimate of drug-likeness (QED) is 0.577. The largest absolute Gasteiger partial charge is 0.371 e. The Morgan fingerprint density at radius 3 is 2.94 bits per heavy atom. The van der Waals surface area contributed by atoms with E-state index in [-0.39, 0.29) is 18.5 Å². The van der Waals surface area contributed by atoms with Crippen molar-refractivity contribution in [1.82, 2.24) is 14.5 Å². The predicted octanol–water partition coefficient (Wildman–Crippen LogP) is 4.79. The summed E-state index contributed by atoms with van der Waals surface area (Å²) in [6.07, 6.45) is 19.5. The smallest absolute Gasteiger partial charge is 0.258 e. The van der Waals surface area contributed by atoms with Gasteiger partial charge in [-0.05, 0) is 25.7 Å². The highest BCUT2D eigenvalue weighted by molar-refractivity contribution is 7.97. The molecule has 6 heteroatoms. The number of allylic oxidation sites excluding steroid dienone is 6. The number of thioether (sulfide) groups is 1. The molecule has 0 aromatic carbocycles. The number of nitrogens with zero attached hydrogens (tertiary/aromatic N) is 4. The normalized spacial score (nSPS) is 23.6. The summed E-state index contributed by atoms with van der Waals surface area (Å²) in [6.45, 7) is 6.67. The van der Waals surface area contributed by atoms with Crippen LogP contribution in [0.15, 0.2) is 70.5 Å². The molecule has 1 saturated carbocycles. The zero-order valence-electron chi connectivity index (χ0n) is 17.8. The van der Waals surface area contributed by atoms with Gasteiger partial charge in [0.25, 0.3) is 5.56 Å². The molecule has 31 heavy (non-hydrogen) atoms. The van der Waals surface area contributed by atoms with Crippen molar-refractivity contribution in [3.05, 3.63) is 82.4 Å². The van der Waals surface area contributed by atoms with Crippen LogP contribution < -0.4 is 5.56 Å². The molecule has 0 amide bonds. The Bertz CT molecular complexity index is 1080. The first-order chi connectivity index (χ1) is 14.5.